The second kappa shape index (κ2) is 5.19. The van der Waals surface area contributed by atoms with Crippen LogP contribution in [0.25, 0.3) is 0 Å². The number of nitrogens with one attached hydrogen (secondary N) is 2. The maximum atomic E-state index is 11.1. The van der Waals surface area contributed by atoms with Crippen LogP contribution in [0.2, 0.25) is 0 Å². The van der Waals surface area contributed by atoms with Crippen molar-refractivity contribution < 1.29 is 9.53 Å². The number of rotatable bonds is 4. The van der Waals surface area contributed by atoms with Crippen LogP contribution in [-0.2, 0) is 9.53 Å². The summed E-state index contributed by atoms with van der Waals surface area (Å²) in [6.07, 6.45) is 2.54. The van der Waals surface area contributed by atoms with Crippen LogP contribution >= 0.6 is 0 Å². The van der Waals surface area contributed by atoms with Crippen LogP contribution in [0.5, 0.6) is 0 Å². The van der Waals surface area contributed by atoms with Gasteiger partial charge in [-0.1, -0.05) is 0 Å². The van der Waals surface area contributed by atoms with E-state index in [1.165, 1.54) is 0 Å². The molecule has 1 saturated heterocycles. The van der Waals surface area contributed by atoms with E-state index >= 15 is 0 Å². The quantitative estimate of drug-likeness (QED) is 0.644. The minimum absolute atomic E-state index is 0.0259. The number of carbonyl (C=O) groups excluding carboxylic acids is 1. The topological polar surface area (TPSA) is 50.4 Å². The molecule has 0 aromatic rings. The molecule has 4 heteroatoms. The van der Waals surface area contributed by atoms with Crippen molar-refractivity contribution in [1.29, 1.82) is 0 Å². The van der Waals surface area contributed by atoms with Crippen LogP contribution in [0.3, 0.4) is 0 Å². The third-order valence-corrected chi connectivity index (χ3v) is 2.32. The van der Waals surface area contributed by atoms with Gasteiger partial charge in [0.15, 0.2) is 0 Å². The monoisotopic (exact) mass is 186 g/mol. The number of hydrogen-bond acceptors (Lipinski definition) is 3. The first kappa shape index (κ1) is 10.5. The first-order valence-corrected chi connectivity index (χ1v) is 4.80. The molecule has 0 spiro atoms. The predicted octanol–water partition coefficient (Wildman–Crippen LogP) is -0.111. The normalized spacial score (nSPS) is 24.3. The summed E-state index contributed by atoms with van der Waals surface area (Å²) in [5.41, 5.74) is 0. The molecule has 2 unspecified atom stereocenters. The maximum Gasteiger partial charge on any atom is 0.236 e. The van der Waals surface area contributed by atoms with Crippen molar-refractivity contribution in [3.63, 3.8) is 0 Å². The summed E-state index contributed by atoms with van der Waals surface area (Å²) in [5.74, 6) is 0.0259. The highest BCUT2D eigenvalue weighted by atomic mass is 16.5. The molecule has 1 heterocycles. The Morgan fingerprint density at radius 1 is 1.69 bits per heavy atom. The molecule has 0 radical (unpaired) electrons. The smallest absolute Gasteiger partial charge is 0.236 e. The van der Waals surface area contributed by atoms with Gasteiger partial charge in [-0.05, 0) is 19.8 Å². The highest BCUT2D eigenvalue weighted by molar-refractivity contribution is 5.80. The lowest BCUT2D eigenvalue weighted by Crippen LogP contribution is -2.43. The van der Waals surface area contributed by atoms with E-state index in [0.29, 0.717) is 6.10 Å². The van der Waals surface area contributed by atoms with E-state index in [2.05, 4.69) is 10.6 Å². The molecule has 4 nitrogen and oxygen atoms in total. The van der Waals surface area contributed by atoms with Gasteiger partial charge in [0, 0.05) is 20.2 Å². The molecule has 1 fully saturated rings. The Morgan fingerprint density at radius 2 is 2.46 bits per heavy atom. The molecule has 2 atom stereocenters. The van der Waals surface area contributed by atoms with Crippen LogP contribution in [0.1, 0.15) is 19.8 Å². The van der Waals surface area contributed by atoms with Crippen molar-refractivity contribution in [2.45, 2.75) is 31.9 Å². The average Bonchev–Trinajstić information content (AvgIpc) is 2.65. The average molecular weight is 186 g/mol. The van der Waals surface area contributed by atoms with Gasteiger partial charge in [0.25, 0.3) is 0 Å². The molecule has 1 aliphatic rings. The third kappa shape index (κ3) is 3.32. The second-order valence-corrected chi connectivity index (χ2v) is 3.38. The van der Waals surface area contributed by atoms with E-state index in [1.54, 1.807) is 7.05 Å². The van der Waals surface area contributed by atoms with Crippen molar-refractivity contribution in [3.05, 3.63) is 0 Å². The van der Waals surface area contributed by atoms with E-state index in [0.717, 1.165) is 26.0 Å². The highest BCUT2D eigenvalue weighted by Gasteiger charge is 2.17. The maximum absolute atomic E-state index is 11.1. The standard InChI is InChI=1S/C9H18N2O2/c1-7(9(12)10-2)11-6-8-4-3-5-13-8/h7-8,11H,3-6H2,1-2H3,(H,10,12). The zero-order chi connectivity index (χ0) is 9.68. The third-order valence-electron chi connectivity index (χ3n) is 2.32. The van der Waals surface area contributed by atoms with Crippen molar-refractivity contribution in [1.82, 2.24) is 10.6 Å². The Balaban J connectivity index is 2.13. The van der Waals surface area contributed by atoms with E-state index in [4.69, 9.17) is 4.74 Å². The Morgan fingerprint density at radius 3 is 3.00 bits per heavy atom. The number of likely N-dealkylation sites (N-methyl/N-ethyl adjacent to an activating group) is 1. The van der Waals surface area contributed by atoms with E-state index in [1.807, 2.05) is 6.92 Å². The Hall–Kier alpha value is -0.610. The molecule has 0 aliphatic carbocycles. The van der Waals surface area contributed by atoms with Crippen LogP contribution in [0.15, 0.2) is 0 Å². The van der Waals surface area contributed by atoms with Gasteiger partial charge in [-0.3, -0.25) is 4.79 Å². The van der Waals surface area contributed by atoms with Gasteiger partial charge < -0.3 is 15.4 Å². The molecular formula is C9H18N2O2. The Bertz CT molecular complexity index is 167. The summed E-state index contributed by atoms with van der Waals surface area (Å²) in [6.45, 7) is 3.49. The molecular weight excluding hydrogens is 168 g/mol. The van der Waals surface area contributed by atoms with Crippen molar-refractivity contribution >= 4 is 5.91 Å². The predicted molar refractivity (Wildman–Crippen MR) is 50.5 cm³/mol. The van der Waals surface area contributed by atoms with Crippen molar-refractivity contribution in [2.24, 2.45) is 0 Å². The summed E-state index contributed by atoms with van der Waals surface area (Å²) >= 11 is 0. The lowest BCUT2D eigenvalue weighted by Gasteiger charge is -2.15. The summed E-state index contributed by atoms with van der Waals surface area (Å²) in [4.78, 5) is 11.1. The fourth-order valence-electron chi connectivity index (χ4n) is 1.42. The van der Waals surface area contributed by atoms with Gasteiger partial charge in [0.2, 0.25) is 5.91 Å². The number of ether oxygens (including phenoxy) is 1. The minimum Gasteiger partial charge on any atom is -0.377 e. The molecule has 0 aromatic carbocycles. The zero-order valence-corrected chi connectivity index (χ0v) is 8.30. The first-order valence-electron chi connectivity index (χ1n) is 4.80. The lowest BCUT2D eigenvalue weighted by atomic mass is 10.2. The van der Waals surface area contributed by atoms with Gasteiger partial charge in [-0.2, -0.15) is 0 Å². The molecule has 76 valence electrons. The molecule has 13 heavy (non-hydrogen) atoms. The molecule has 0 bridgehead atoms. The minimum atomic E-state index is -0.130. The summed E-state index contributed by atoms with van der Waals surface area (Å²) in [6, 6.07) is -0.130. The second-order valence-electron chi connectivity index (χ2n) is 3.38. The number of hydrogen-bond donors (Lipinski definition) is 2. The van der Waals surface area contributed by atoms with Crippen molar-refractivity contribution in [3.8, 4) is 0 Å². The molecule has 1 aliphatic heterocycles. The van der Waals surface area contributed by atoms with Crippen molar-refractivity contribution in [2.75, 3.05) is 20.2 Å². The van der Waals surface area contributed by atoms with E-state index in [9.17, 15) is 4.79 Å². The van der Waals surface area contributed by atoms with Crippen LogP contribution < -0.4 is 10.6 Å². The SMILES string of the molecule is CNC(=O)C(C)NCC1CCCO1. The Labute approximate surface area is 79.0 Å². The van der Waals surface area contributed by atoms with E-state index < -0.39 is 0 Å². The summed E-state index contributed by atoms with van der Waals surface area (Å²) < 4.78 is 5.42. The van der Waals surface area contributed by atoms with Crippen LogP contribution in [-0.4, -0.2) is 38.3 Å². The largest absolute Gasteiger partial charge is 0.377 e. The molecule has 0 aromatic heterocycles. The summed E-state index contributed by atoms with van der Waals surface area (Å²) in [5, 5.41) is 5.74. The molecule has 0 saturated carbocycles. The Kier molecular flexibility index (Phi) is 4.18. The van der Waals surface area contributed by atoms with Gasteiger partial charge in [0.05, 0.1) is 12.1 Å². The van der Waals surface area contributed by atoms with Crippen LogP contribution in [0.4, 0.5) is 0 Å². The molecule has 1 amide bonds. The lowest BCUT2D eigenvalue weighted by molar-refractivity contribution is -0.122. The van der Waals surface area contributed by atoms with Gasteiger partial charge in [0.1, 0.15) is 0 Å². The fourth-order valence-corrected chi connectivity index (χ4v) is 1.42. The fraction of sp³-hybridized carbons (Fsp3) is 0.889. The van der Waals surface area contributed by atoms with Gasteiger partial charge in [-0.25, -0.2) is 0 Å². The van der Waals surface area contributed by atoms with Gasteiger partial charge in [-0.15, -0.1) is 0 Å². The van der Waals surface area contributed by atoms with Crippen LogP contribution in [0, 0.1) is 0 Å². The van der Waals surface area contributed by atoms with E-state index in [-0.39, 0.29) is 11.9 Å². The number of carbonyl (C=O) groups is 1. The highest BCUT2D eigenvalue weighted by Crippen LogP contribution is 2.10. The number of amides is 1. The summed E-state index contributed by atoms with van der Waals surface area (Å²) in [7, 11) is 1.65. The zero-order valence-electron chi connectivity index (χ0n) is 8.30. The van der Waals surface area contributed by atoms with Gasteiger partial charge >= 0.3 is 0 Å². The molecule has 2 N–H and O–H groups in total. The first-order chi connectivity index (χ1) is 6.24. The molecule has 1 rings (SSSR count).